The summed E-state index contributed by atoms with van der Waals surface area (Å²) in [5.74, 6) is 0. The first-order valence-electron chi connectivity index (χ1n) is 4.77. The van der Waals surface area contributed by atoms with Crippen LogP contribution in [0.15, 0.2) is 18.5 Å². The van der Waals surface area contributed by atoms with Gasteiger partial charge in [-0.2, -0.15) is 5.10 Å². The molecule has 0 spiro atoms. The van der Waals surface area contributed by atoms with E-state index in [1.54, 1.807) is 0 Å². The van der Waals surface area contributed by atoms with Gasteiger partial charge in [0.1, 0.15) is 5.52 Å². The molecule has 0 atom stereocenters. The lowest BCUT2D eigenvalue weighted by Gasteiger charge is -2.19. The van der Waals surface area contributed by atoms with Gasteiger partial charge in [0.25, 0.3) is 0 Å². The maximum atomic E-state index is 4.29. The van der Waals surface area contributed by atoms with E-state index in [0.717, 1.165) is 11.0 Å². The third-order valence-corrected chi connectivity index (χ3v) is 2.44. The highest BCUT2D eigenvalue weighted by Gasteiger charge is 2.18. The number of aryl methyl sites for hydroxylation is 1. The van der Waals surface area contributed by atoms with Crippen LogP contribution in [0.1, 0.15) is 26.3 Å². The number of pyridine rings is 1. The molecule has 0 aliphatic rings. The summed E-state index contributed by atoms with van der Waals surface area (Å²) in [6, 6.07) is 2.07. The van der Waals surface area contributed by atoms with Gasteiger partial charge in [0.15, 0.2) is 0 Å². The molecule has 2 heterocycles. The van der Waals surface area contributed by atoms with E-state index in [1.807, 2.05) is 24.1 Å². The van der Waals surface area contributed by atoms with E-state index in [0.29, 0.717) is 0 Å². The molecular weight excluding hydrogens is 174 g/mol. The first-order chi connectivity index (χ1) is 6.50. The van der Waals surface area contributed by atoms with E-state index >= 15 is 0 Å². The Labute approximate surface area is 83.8 Å². The third kappa shape index (κ3) is 1.29. The zero-order valence-corrected chi connectivity index (χ0v) is 9.07. The molecule has 0 aliphatic heterocycles. The van der Waals surface area contributed by atoms with Gasteiger partial charge in [-0.3, -0.25) is 9.67 Å². The van der Waals surface area contributed by atoms with E-state index in [9.17, 15) is 0 Å². The quantitative estimate of drug-likeness (QED) is 0.636. The minimum absolute atomic E-state index is 0.134. The summed E-state index contributed by atoms with van der Waals surface area (Å²) in [5.41, 5.74) is 3.54. The van der Waals surface area contributed by atoms with E-state index in [2.05, 4.69) is 36.9 Å². The molecule has 74 valence electrons. The Bertz CT molecular complexity index is 463. The van der Waals surface area contributed by atoms with Crippen molar-refractivity contribution in [3.63, 3.8) is 0 Å². The van der Waals surface area contributed by atoms with E-state index in [1.165, 1.54) is 5.56 Å². The van der Waals surface area contributed by atoms with Crippen molar-refractivity contribution in [3.05, 3.63) is 24.0 Å². The first kappa shape index (κ1) is 9.19. The molecule has 2 rings (SSSR count). The molecule has 0 saturated carbocycles. The maximum absolute atomic E-state index is 4.29. The molecule has 0 N–H and O–H groups in total. The Morgan fingerprint density at radius 3 is 2.64 bits per heavy atom. The molecule has 3 heteroatoms. The molecule has 0 unspecified atom stereocenters. The van der Waals surface area contributed by atoms with Gasteiger partial charge in [-0.15, -0.1) is 0 Å². The smallest absolute Gasteiger partial charge is 0.109 e. The lowest BCUT2D eigenvalue weighted by Crippen LogP contribution is -2.13. The number of hydrogen-bond donors (Lipinski definition) is 0. The Kier molecular flexibility index (Phi) is 1.84. The third-order valence-electron chi connectivity index (χ3n) is 2.44. The van der Waals surface area contributed by atoms with Crippen LogP contribution in [-0.2, 0) is 12.5 Å². The summed E-state index contributed by atoms with van der Waals surface area (Å²) in [4.78, 5) is 4.29. The summed E-state index contributed by atoms with van der Waals surface area (Å²) in [5, 5.41) is 4.22. The van der Waals surface area contributed by atoms with Gasteiger partial charge < -0.3 is 0 Å². The maximum Gasteiger partial charge on any atom is 0.109 e. The van der Waals surface area contributed by atoms with Crippen LogP contribution in [0, 0.1) is 0 Å². The van der Waals surface area contributed by atoms with Crippen molar-refractivity contribution in [2.45, 2.75) is 26.2 Å². The fraction of sp³-hybridized carbons (Fsp3) is 0.455. The highest BCUT2D eigenvalue weighted by Crippen LogP contribution is 2.27. The van der Waals surface area contributed by atoms with Gasteiger partial charge in [-0.05, 0) is 17.0 Å². The van der Waals surface area contributed by atoms with Crippen LogP contribution < -0.4 is 0 Å². The number of aromatic nitrogens is 3. The van der Waals surface area contributed by atoms with Crippen molar-refractivity contribution in [1.29, 1.82) is 0 Å². The highest BCUT2D eigenvalue weighted by atomic mass is 15.3. The SMILES string of the molecule is Cn1ncc2nccc(C(C)(C)C)c21. The van der Waals surface area contributed by atoms with Gasteiger partial charge in [-0.25, -0.2) is 0 Å². The van der Waals surface area contributed by atoms with E-state index < -0.39 is 0 Å². The summed E-state index contributed by atoms with van der Waals surface area (Å²) in [7, 11) is 1.96. The predicted octanol–water partition coefficient (Wildman–Crippen LogP) is 2.27. The molecule has 2 aromatic heterocycles. The Hall–Kier alpha value is -1.38. The molecule has 0 amide bonds. The highest BCUT2D eigenvalue weighted by molar-refractivity contribution is 5.78. The van der Waals surface area contributed by atoms with Crippen molar-refractivity contribution in [2.75, 3.05) is 0 Å². The number of rotatable bonds is 0. The zero-order chi connectivity index (χ0) is 10.3. The van der Waals surface area contributed by atoms with E-state index in [-0.39, 0.29) is 5.41 Å². The summed E-state index contributed by atoms with van der Waals surface area (Å²) < 4.78 is 1.89. The van der Waals surface area contributed by atoms with Gasteiger partial charge in [0.2, 0.25) is 0 Å². The van der Waals surface area contributed by atoms with Crippen LogP contribution in [0.3, 0.4) is 0 Å². The van der Waals surface area contributed by atoms with Crippen molar-refractivity contribution in [3.8, 4) is 0 Å². The topological polar surface area (TPSA) is 30.7 Å². The second-order valence-electron chi connectivity index (χ2n) is 4.61. The largest absolute Gasteiger partial charge is 0.266 e. The average molecular weight is 189 g/mol. The Balaban J connectivity index is 2.82. The molecule has 0 bridgehead atoms. The molecule has 0 radical (unpaired) electrons. The summed E-state index contributed by atoms with van der Waals surface area (Å²) in [6.45, 7) is 6.61. The van der Waals surface area contributed by atoms with Crippen LogP contribution in [-0.4, -0.2) is 14.8 Å². The minimum atomic E-state index is 0.134. The fourth-order valence-electron chi connectivity index (χ4n) is 1.71. The molecule has 0 fully saturated rings. The van der Waals surface area contributed by atoms with Crippen LogP contribution in [0.4, 0.5) is 0 Å². The molecular formula is C11H15N3. The second-order valence-corrected chi connectivity index (χ2v) is 4.61. The molecule has 0 saturated heterocycles. The number of nitrogens with zero attached hydrogens (tertiary/aromatic N) is 3. The minimum Gasteiger partial charge on any atom is -0.266 e. The van der Waals surface area contributed by atoms with Crippen LogP contribution in [0.25, 0.3) is 11.0 Å². The van der Waals surface area contributed by atoms with Crippen molar-refractivity contribution >= 4 is 11.0 Å². The number of fused-ring (bicyclic) bond motifs is 1. The molecule has 3 nitrogen and oxygen atoms in total. The lowest BCUT2D eigenvalue weighted by molar-refractivity contribution is 0.590. The summed E-state index contributed by atoms with van der Waals surface area (Å²) in [6.07, 6.45) is 3.66. The van der Waals surface area contributed by atoms with Gasteiger partial charge in [0, 0.05) is 13.2 Å². The molecule has 0 aromatic carbocycles. The first-order valence-corrected chi connectivity index (χ1v) is 4.77. The second kappa shape index (κ2) is 2.80. The van der Waals surface area contributed by atoms with Crippen molar-refractivity contribution in [2.24, 2.45) is 7.05 Å². The summed E-state index contributed by atoms with van der Waals surface area (Å²) >= 11 is 0. The normalized spacial score (nSPS) is 12.3. The van der Waals surface area contributed by atoms with Crippen molar-refractivity contribution in [1.82, 2.24) is 14.8 Å². The standard InChI is InChI=1S/C11H15N3/c1-11(2,3)8-5-6-12-9-7-13-14(4)10(8)9/h5-7H,1-4H3. The molecule has 2 aromatic rings. The lowest BCUT2D eigenvalue weighted by atomic mass is 9.87. The molecule has 0 aliphatic carbocycles. The fourth-order valence-corrected chi connectivity index (χ4v) is 1.71. The van der Waals surface area contributed by atoms with Gasteiger partial charge >= 0.3 is 0 Å². The van der Waals surface area contributed by atoms with Crippen molar-refractivity contribution < 1.29 is 0 Å². The van der Waals surface area contributed by atoms with Gasteiger partial charge in [-0.1, -0.05) is 20.8 Å². The number of hydrogen-bond acceptors (Lipinski definition) is 2. The van der Waals surface area contributed by atoms with Crippen LogP contribution >= 0.6 is 0 Å². The van der Waals surface area contributed by atoms with E-state index in [4.69, 9.17) is 0 Å². The Morgan fingerprint density at radius 2 is 2.00 bits per heavy atom. The van der Waals surface area contributed by atoms with Crippen LogP contribution in [0.2, 0.25) is 0 Å². The zero-order valence-electron chi connectivity index (χ0n) is 9.07. The van der Waals surface area contributed by atoms with Gasteiger partial charge in [0.05, 0.1) is 11.7 Å². The Morgan fingerprint density at radius 1 is 1.29 bits per heavy atom. The predicted molar refractivity (Wildman–Crippen MR) is 57.2 cm³/mol. The van der Waals surface area contributed by atoms with Crippen LogP contribution in [0.5, 0.6) is 0 Å². The molecule has 14 heavy (non-hydrogen) atoms. The monoisotopic (exact) mass is 189 g/mol. The average Bonchev–Trinajstić information content (AvgIpc) is 2.46.